The highest BCUT2D eigenvalue weighted by Gasteiger charge is 2.20. The Balaban J connectivity index is 1.63. The van der Waals surface area contributed by atoms with Crippen molar-refractivity contribution in [1.82, 2.24) is 10.2 Å². The van der Waals surface area contributed by atoms with Gasteiger partial charge >= 0.3 is 0 Å². The van der Waals surface area contributed by atoms with E-state index >= 15 is 0 Å². The fraction of sp³-hybridized carbons (Fsp3) is 0.409. The molecule has 2 aromatic rings. The number of methoxy groups -OCH3 is 1. The number of amides is 1. The van der Waals surface area contributed by atoms with Crippen molar-refractivity contribution in [3.8, 4) is 5.75 Å². The average molecular weight is 477 g/mol. The number of likely N-dealkylation sites (tertiary alicyclic amines) is 1. The molecule has 2 aromatic carbocycles. The van der Waals surface area contributed by atoms with E-state index in [0.717, 1.165) is 25.7 Å². The maximum absolute atomic E-state index is 12.8. The van der Waals surface area contributed by atoms with Crippen LogP contribution < -0.4 is 14.8 Å². The third kappa shape index (κ3) is 6.65. The third-order valence-corrected chi connectivity index (χ3v) is 6.86. The summed E-state index contributed by atoms with van der Waals surface area (Å²) in [4.78, 5) is 25.1. The molecule has 1 fully saturated rings. The zero-order chi connectivity index (χ0) is 23.8. The van der Waals surface area contributed by atoms with Gasteiger partial charge in [0.05, 0.1) is 22.6 Å². The standard InChI is InChI=1S/C22H28N4O6S/c1-32-21-11-8-18(26(28)29)16-20(21)24-33(30,31)19-9-6-17(7-10-19)22(27)23-12-15-25-13-4-2-3-5-14-25/h6-11,16,24H,2-5,12-15H2,1H3,(H,23,27). The van der Waals surface area contributed by atoms with Crippen molar-refractivity contribution in [3.05, 3.63) is 58.1 Å². The van der Waals surface area contributed by atoms with Gasteiger partial charge in [0.1, 0.15) is 5.75 Å². The molecule has 1 amide bonds. The highest BCUT2D eigenvalue weighted by atomic mass is 32.2. The van der Waals surface area contributed by atoms with Crippen LogP contribution in [0.5, 0.6) is 5.75 Å². The van der Waals surface area contributed by atoms with Gasteiger partial charge < -0.3 is 15.0 Å². The lowest BCUT2D eigenvalue weighted by molar-refractivity contribution is -0.384. The van der Waals surface area contributed by atoms with Crippen LogP contribution in [0.2, 0.25) is 0 Å². The summed E-state index contributed by atoms with van der Waals surface area (Å²) in [6, 6.07) is 9.11. The number of sulfonamides is 1. The fourth-order valence-corrected chi connectivity index (χ4v) is 4.73. The molecule has 33 heavy (non-hydrogen) atoms. The monoisotopic (exact) mass is 476 g/mol. The number of benzene rings is 2. The number of non-ortho nitro benzene ring substituents is 1. The van der Waals surface area contributed by atoms with Gasteiger partial charge in [-0.1, -0.05) is 12.8 Å². The summed E-state index contributed by atoms with van der Waals surface area (Å²) >= 11 is 0. The summed E-state index contributed by atoms with van der Waals surface area (Å²) in [6.07, 6.45) is 4.86. The molecule has 0 unspecified atom stereocenters. The lowest BCUT2D eigenvalue weighted by Crippen LogP contribution is -2.35. The van der Waals surface area contributed by atoms with Gasteiger partial charge in [0.25, 0.3) is 21.6 Å². The quantitative estimate of drug-likeness (QED) is 0.420. The molecule has 1 heterocycles. The molecule has 1 aliphatic rings. The number of anilines is 1. The number of nitrogens with zero attached hydrogens (tertiary/aromatic N) is 2. The van der Waals surface area contributed by atoms with Crippen molar-refractivity contribution in [2.75, 3.05) is 38.0 Å². The molecule has 0 atom stereocenters. The van der Waals surface area contributed by atoms with Crippen molar-refractivity contribution in [2.45, 2.75) is 30.6 Å². The Hall–Kier alpha value is -3.18. The van der Waals surface area contributed by atoms with Crippen molar-refractivity contribution in [2.24, 2.45) is 0 Å². The smallest absolute Gasteiger partial charge is 0.271 e. The van der Waals surface area contributed by atoms with Crippen molar-refractivity contribution < 1.29 is 22.9 Å². The zero-order valence-corrected chi connectivity index (χ0v) is 19.3. The average Bonchev–Trinajstić information content (AvgIpc) is 3.07. The van der Waals surface area contributed by atoms with E-state index in [1.54, 1.807) is 0 Å². The molecule has 2 N–H and O–H groups in total. The molecule has 10 nitrogen and oxygen atoms in total. The van der Waals surface area contributed by atoms with E-state index in [4.69, 9.17) is 4.74 Å². The van der Waals surface area contributed by atoms with Gasteiger partial charge in [0.2, 0.25) is 0 Å². The number of ether oxygens (including phenoxy) is 1. The molecular formula is C22H28N4O6S. The first-order valence-corrected chi connectivity index (χ1v) is 12.2. The van der Waals surface area contributed by atoms with Crippen molar-refractivity contribution in [1.29, 1.82) is 0 Å². The number of hydrogen-bond donors (Lipinski definition) is 2. The minimum absolute atomic E-state index is 0.0537. The van der Waals surface area contributed by atoms with E-state index in [0.29, 0.717) is 12.1 Å². The van der Waals surface area contributed by atoms with Gasteiger partial charge in [-0.3, -0.25) is 19.6 Å². The molecule has 3 rings (SSSR count). The van der Waals surface area contributed by atoms with E-state index in [2.05, 4.69) is 14.9 Å². The summed E-state index contributed by atoms with van der Waals surface area (Å²) in [7, 11) is -2.72. The Labute approximate surface area is 193 Å². The number of hydrogen-bond acceptors (Lipinski definition) is 7. The Kier molecular flexibility index (Phi) is 8.23. The number of carbonyl (C=O) groups is 1. The maximum atomic E-state index is 12.8. The second-order valence-corrected chi connectivity index (χ2v) is 9.47. The predicted molar refractivity (Wildman–Crippen MR) is 124 cm³/mol. The summed E-state index contributed by atoms with van der Waals surface area (Å²) in [6.45, 7) is 3.40. The molecular weight excluding hydrogens is 448 g/mol. The largest absolute Gasteiger partial charge is 0.495 e. The normalized spacial score (nSPS) is 14.8. The highest BCUT2D eigenvalue weighted by molar-refractivity contribution is 7.92. The predicted octanol–water partition coefficient (Wildman–Crippen LogP) is 3.01. The molecule has 178 valence electrons. The molecule has 1 aliphatic heterocycles. The van der Waals surface area contributed by atoms with Crippen LogP contribution in [0.15, 0.2) is 47.4 Å². The zero-order valence-electron chi connectivity index (χ0n) is 18.5. The summed E-state index contributed by atoms with van der Waals surface area (Å²) in [5, 5.41) is 13.9. The van der Waals surface area contributed by atoms with Crippen LogP contribution in [0.4, 0.5) is 11.4 Å². The lowest BCUT2D eigenvalue weighted by Gasteiger charge is -2.19. The van der Waals surface area contributed by atoms with E-state index in [9.17, 15) is 23.3 Å². The SMILES string of the molecule is COc1ccc([N+](=O)[O-])cc1NS(=O)(=O)c1ccc(C(=O)NCCN2CCCCCC2)cc1. The highest BCUT2D eigenvalue weighted by Crippen LogP contribution is 2.30. The van der Waals surface area contributed by atoms with Crippen molar-refractivity contribution in [3.63, 3.8) is 0 Å². The number of carbonyl (C=O) groups excluding carboxylic acids is 1. The van der Waals surface area contributed by atoms with Crippen LogP contribution in [-0.4, -0.2) is 57.4 Å². The van der Waals surface area contributed by atoms with E-state index in [1.165, 1.54) is 69.2 Å². The van der Waals surface area contributed by atoms with Gasteiger partial charge in [-0.15, -0.1) is 0 Å². The van der Waals surface area contributed by atoms with Crippen LogP contribution in [0.25, 0.3) is 0 Å². The van der Waals surface area contributed by atoms with Crippen LogP contribution >= 0.6 is 0 Å². The molecule has 0 bridgehead atoms. The van der Waals surface area contributed by atoms with Crippen LogP contribution in [0, 0.1) is 10.1 Å². The van der Waals surface area contributed by atoms with Gasteiger partial charge in [-0.2, -0.15) is 0 Å². The van der Waals surface area contributed by atoms with Gasteiger partial charge in [-0.25, -0.2) is 8.42 Å². The Morgan fingerprint density at radius 2 is 1.76 bits per heavy atom. The minimum atomic E-state index is -4.06. The first-order valence-electron chi connectivity index (χ1n) is 10.8. The third-order valence-electron chi connectivity index (χ3n) is 5.48. The molecule has 11 heteroatoms. The fourth-order valence-electron chi connectivity index (χ4n) is 3.67. The molecule has 0 aliphatic carbocycles. The minimum Gasteiger partial charge on any atom is -0.495 e. The molecule has 1 saturated heterocycles. The number of nitro benzene ring substituents is 1. The first-order chi connectivity index (χ1) is 15.8. The Morgan fingerprint density at radius 3 is 2.36 bits per heavy atom. The van der Waals surface area contributed by atoms with Gasteiger partial charge in [-0.05, 0) is 56.3 Å². The first kappa shape index (κ1) is 24.5. The Morgan fingerprint density at radius 1 is 1.09 bits per heavy atom. The van der Waals surface area contributed by atoms with Gasteiger partial charge in [0, 0.05) is 30.8 Å². The van der Waals surface area contributed by atoms with E-state index in [-0.39, 0.29) is 27.9 Å². The van der Waals surface area contributed by atoms with Crippen molar-refractivity contribution >= 4 is 27.3 Å². The second kappa shape index (κ2) is 11.1. The Bertz CT molecular complexity index is 1080. The van der Waals surface area contributed by atoms with Gasteiger partial charge in [0.15, 0.2) is 0 Å². The van der Waals surface area contributed by atoms with E-state index in [1.807, 2.05) is 0 Å². The number of rotatable bonds is 9. The summed E-state index contributed by atoms with van der Waals surface area (Å²) in [5.74, 6) is -0.133. The molecule has 0 saturated carbocycles. The summed E-state index contributed by atoms with van der Waals surface area (Å²) in [5.41, 5.74) is 0.0143. The number of nitro groups is 1. The van der Waals surface area contributed by atoms with E-state index < -0.39 is 14.9 Å². The van der Waals surface area contributed by atoms with Crippen LogP contribution in [0.3, 0.4) is 0 Å². The lowest BCUT2D eigenvalue weighted by atomic mass is 10.2. The molecule has 0 spiro atoms. The maximum Gasteiger partial charge on any atom is 0.271 e. The summed E-state index contributed by atoms with van der Waals surface area (Å²) < 4.78 is 32.9. The number of nitrogens with one attached hydrogen (secondary N) is 2. The van der Waals surface area contributed by atoms with Crippen LogP contribution in [0.1, 0.15) is 36.0 Å². The second-order valence-electron chi connectivity index (χ2n) is 7.78. The molecule has 0 aromatic heterocycles. The van der Waals surface area contributed by atoms with Crippen LogP contribution in [-0.2, 0) is 10.0 Å². The topological polar surface area (TPSA) is 131 Å². The molecule has 0 radical (unpaired) electrons.